The summed E-state index contributed by atoms with van der Waals surface area (Å²) < 4.78 is 0. The van der Waals surface area contributed by atoms with Crippen LogP contribution in [0.3, 0.4) is 0 Å². The van der Waals surface area contributed by atoms with Gasteiger partial charge in [-0.05, 0) is 42.5 Å². The Morgan fingerprint density at radius 3 is 1.67 bits per heavy atom. The number of aryl methyl sites for hydroxylation is 2. The zero-order chi connectivity index (χ0) is 14.4. The van der Waals surface area contributed by atoms with E-state index in [2.05, 4.69) is 74.5 Å². The first-order valence-corrected chi connectivity index (χ1v) is 7.78. The molecule has 2 atom stereocenters. The van der Waals surface area contributed by atoms with Gasteiger partial charge in [0, 0.05) is 11.8 Å². The van der Waals surface area contributed by atoms with E-state index in [0.29, 0.717) is 11.8 Å². The number of allylic oxidation sites excluding steroid dienone is 2. The van der Waals surface area contributed by atoms with Crippen LogP contribution in [0.4, 0.5) is 0 Å². The van der Waals surface area contributed by atoms with Crippen molar-refractivity contribution in [3.8, 4) is 0 Å². The minimum atomic E-state index is 0.556. The monoisotopic (exact) mass is 272 g/mol. The highest BCUT2D eigenvalue weighted by atomic mass is 14.3. The fourth-order valence-electron chi connectivity index (χ4n) is 3.67. The van der Waals surface area contributed by atoms with Gasteiger partial charge < -0.3 is 0 Å². The van der Waals surface area contributed by atoms with Crippen molar-refractivity contribution in [1.29, 1.82) is 0 Å². The second-order valence-electron chi connectivity index (χ2n) is 6.43. The van der Waals surface area contributed by atoms with Gasteiger partial charge in [0.1, 0.15) is 0 Å². The highest BCUT2D eigenvalue weighted by molar-refractivity contribution is 5.65. The maximum Gasteiger partial charge on any atom is 0.00361 e. The Balaban J connectivity index is 1.63. The number of benzene rings is 2. The van der Waals surface area contributed by atoms with Crippen LogP contribution >= 0.6 is 0 Å². The predicted octanol–water partition coefficient (Wildman–Crippen LogP) is 5.61. The molecule has 2 aliphatic rings. The Labute approximate surface area is 126 Å². The Hall–Kier alpha value is -2.08. The summed E-state index contributed by atoms with van der Waals surface area (Å²) >= 11 is 0. The Kier molecular flexibility index (Phi) is 2.85. The van der Waals surface area contributed by atoms with Gasteiger partial charge in [-0.2, -0.15) is 0 Å². The molecule has 0 saturated heterocycles. The average Bonchev–Trinajstić information content (AvgIpc) is 3.04. The van der Waals surface area contributed by atoms with E-state index >= 15 is 0 Å². The molecule has 2 unspecified atom stereocenters. The van der Waals surface area contributed by atoms with Crippen LogP contribution in [0.1, 0.15) is 51.6 Å². The van der Waals surface area contributed by atoms with E-state index in [1.165, 1.54) is 39.8 Å². The molecule has 2 aromatic carbocycles. The van der Waals surface area contributed by atoms with Gasteiger partial charge in [0.15, 0.2) is 0 Å². The number of hydrogen-bond acceptors (Lipinski definition) is 0. The summed E-state index contributed by atoms with van der Waals surface area (Å²) in [6.45, 7) is 4.37. The minimum absolute atomic E-state index is 0.556. The molecule has 0 aliphatic heterocycles. The van der Waals surface area contributed by atoms with Crippen LogP contribution in [0.2, 0.25) is 0 Å². The van der Waals surface area contributed by atoms with E-state index in [-0.39, 0.29) is 0 Å². The fourth-order valence-corrected chi connectivity index (χ4v) is 3.67. The molecular formula is C21H20. The first-order chi connectivity index (χ1) is 10.2. The molecule has 0 N–H and O–H groups in total. The van der Waals surface area contributed by atoms with Crippen molar-refractivity contribution in [2.75, 3.05) is 0 Å². The van der Waals surface area contributed by atoms with E-state index < -0.39 is 0 Å². The number of rotatable bonds is 2. The summed E-state index contributed by atoms with van der Waals surface area (Å²) in [6, 6.07) is 13.6. The third-order valence-electron chi connectivity index (χ3n) is 4.81. The molecule has 2 aromatic rings. The molecule has 0 heteroatoms. The number of fused-ring (bicyclic) bond motifs is 2. The lowest BCUT2D eigenvalue weighted by molar-refractivity contribution is 0.685. The van der Waals surface area contributed by atoms with Gasteiger partial charge in [-0.25, -0.2) is 0 Å². The molecule has 104 valence electrons. The topological polar surface area (TPSA) is 0 Å². The van der Waals surface area contributed by atoms with Crippen molar-refractivity contribution < 1.29 is 0 Å². The normalized spacial score (nSPS) is 21.6. The molecule has 0 nitrogen and oxygen atoms in total. The molecule has 0 saturated carbocycles. The van der Waals surface area contributed by atoms with Gasteiger partial charge in [-0.15, -0.1) is 0 Å². The van der Waals surface area contributed by atoms with E-state index in [1.807, 2.05) is 0 Å². The minimum Gasteiger partial charge on any atom is -0.0763 e. The third-order valence-corrected chi connectivity index (χ3v) is 4.81. The summed E-state index contributed by atoms with van der Waals surface area (Å²) in [4.78, 5) is 0. The average molecular weight is 272 g/mol. The maximum atomic E-state index is 2.38. The number of hydrogen-bond donors (Lipinski definition) is 0. The summed E-state index contributed by atoms with van der Waals surface area (Å²) in [6.07, 6.45) is 10.5. The molecule has 0 spiro atoms. The molecule has 0 radical (unpaired) electrons. The zero-order valence-electron chi connectivity index (χ0n) is 12.6. The molecule has 21 heavy (non-hydrogen) atoms. The van der Waals surface area contributed by atoms with Crippen molar-refractivity contribution in [2.45, 2.75) is 32.1 Å². The van der Waals surface area contributed by atoms with Crippen molar-refractivity contribution in [1.82, 2.24) is 0 Å². The van der Waals surface area contributed by atoms with E-state index in [1.54, 1.807) is 0 Å². The lowest BCUT2D eigenvalue weighted by Crippen LogP contribution is -2.01. The van der Waals surface area contributed by atoms with Gasteiger partial charge in [-0.3, -0.25) is 0 Å². The Morgan fingerprint density at radius 1 is 0.714 bits per heavy atom. The second kappa shape index (κ2) is 4.73. The van der Waals surface area contributed by atoms with Crippen LogP contribution in [-0.2, 0) is 0 Å². The van der Waals surface area contributed by atoms with Crippen LogP contribution in [0.25, 0.3) is 12.2 Å². The van der Waals surface area contributed by atoms with Crippen LogP contribution in [0.5, 0.6) is 0 Å². The summed E-state index contributed by atoms with van der Waals surface area (Å²) in [5, 5.41) is 0. The zero-order valence-corrected chi connectivity index (χ0v) is 12.6. The fraction of sp³-hybridized carbons (Fsp3) is 0.238. The Morgan fingerprint density at radius 2 is 1.19 bits per heavy atom. The molecule has 0 aromatic heterocycles. The highest BCUT2D eigenvalue weighted by Crippen LogP contribution is 2.41. The quantitative estimate of drug-likeness (QED) is 0.666. The predicted molar refractivity (Wildman–Crippen MR) is 90.5 cm³/mol. The molecule has 0 amide bonds. The highest BCUT2D eigenvalue weighted by Gasteiger charge is 2.24. The first-order valence-electron chi connectivity index (χ1n) is 7.78. The second-order valence-corrected chi connectivity index (χ2v) is 6.43. The van der Waals surface area contributed by atoms with Crippen LogP contribution < -0.4 is 0 Å². The van der Waals surface area contributed by atoms with Crippen LogP contribution in [0.15, 0.2) is 48.6 Å². The maximum absolute atomic E-state index is 2.38. The largest absolute Gasteiger partial charge is 0.0763 e. The van der Waals surface area contributed by atoms with Gasteiger partial charge in [0.05, 0.1) is 0 Å². The molecule has 2 aliphatic carbocycles. The molecule has 0 bridgehead atoms. The van der Waals surface area contributed by atoms with Gasteiger partial charge in [0.25, 0.3) is 0 Å². The molecular weight excluding hydrogens is 252 g/mol. The molecule has 0 heterocycles. The van der Waals surface area contributed by atoms with E-state index in [4.69, 9.17) is 0 Å². The SMILES string of the molecule is Cc1ccc2c(c1)C(CC1C=Cc3ccc(C)cc31)C=C2. The first kappa shape index (κ1) is 12.6. The van der Waals surface area contributed by atoms with Crippen molar-refractivity contribution >= 4 is 12.2 Å². The van der Waals surface area contributed by atoms with Gasteiger partial charge in [-0.1, -0.05) is 71.8 Å². The van der Waals surface area contributed by atoms with E-state index in [0.717, 1.165) is 0 Å². The van der Waals surface area contributed by atoms with Gasteiger partial charge in [0.2, 0.25) is 0 Å². The van der Waals surface area contributed by atoms with E-state index in [9.17, 15) is 0 Å². The van der Waals surface area contributed by atoms with Crippen molar-refractivity contribution in [3.63, 3.8) is 0 Å². The lowest BCUT2D eigenvalue weighted by Gasteiger charge is -2.17. The third kappa shape index (κ3) is 2.15. The molecule has 4 rings (SSSR count). The van der Waals surface area contributed by atoms with Crippen molar-refractivity contribution in [2.24, 2.45) is 0 Å². The summed E-state index contributed by atoms with van der Waals surface area (Å²) in [5.74, 6) is 1.11. The van der Waals surface area contributed by atoms with Crippen LogP contribution in [-0.4, -0.2) is 0 Å². The Bertz CT molecular complexity index is 696. The van der Waals surface area contributed by atoms with Gasteiger partial charge >= 0.3 is 0 Å². The molecule has 0 fully saturated rings. The standard InChI is InChI=1S/C21H20/c1-14-3-5-16-7-9-18(20(16)11-14)13-19-10-8-17-6-4-15(2)12-21(17)19/h3-12,18-19H,13H2,1-2H3. The van der Waals surface area contributed by atoms with Crippen molar-refractivity contribution in [3.05, 3.63) is 81.9 Å². The lowest BCUT2D eigenvalue weighted by atomic mass is 9.86. The summed E-state index contributed by atoms with van der Waals surface area (Å²) in [7, 11) is 0. The van der Waals surface area contributed by atoms with Crippen LogP contribution in [0, 0.1) is 13.8 Å². The summed E-state index contributed by atoms with van der Waals surface area (Å²) in [5.41, 5.74) is 8.53. The smallest absolute Gasteiger partial charge is 0.00361 e.